The average molecular weight is 486 g/mol. The molecular weight excluding hydrogens is 461 g/mol. The Morgan fingerprint density at radius 2 is 1.86 bits per heavy atom. The van der Waals surface area contributed by atoms with Crippen LogP contribution in [-0.2, 0) is 10.5 Å². The Morgan fingerprint density at radius 1 is 1.14 bits per heavy atom. The van der Waals surface area contributed by atoms with Gasteiger partial charge in [0.2, 0.25) is 5.95 Å². The summed E-state index contributed by atoms with van der Waals surface area (Å²) in [5, 5.41) is 7.44. The van der Waals surface area contributed by atoms with Crippen LogP contribution < -0.4 is 16.0 Å². The van der Waals surface area contributed by atoms with Gasteiger partial charge in [-0.1, -0.05) is 19.3 Å². The van der Waals surface area contributed by atoms with Gasteiger partial charge in [0, 0.05) is 12.2 Å². The van der Waals surface area contributed by atoms with Crippen LogP contribution in [0, 0.1) is 13.8 Å². The third kappa shape index (κ3) is 3.78. The Hall–Kier alpha value is -3.63. The van der Waals surface area contributed by atoms with Gasteiger partial charge in [0.15, 0.2) is 0 Å². The number of hydrogen-bond donors (Lipinski definition) is 3. The predicted octanol–water partition coefficient (Wildman–Crippen LogP) is 4.39. The van der Waals surface area contributed by atoms with Gasteiger partial charge in [0.05, 0.1) is 16.6 Å². The van der Waals surface area contributed by atoms with Crippen molar-refractivity contribution in [1.29, 1.82) is 0 Å². The van der Waals surface area contributed by atoms with Crippen molar-refractivity contribution in [2.45, 2.75) is 63.8 Å². The zero-order valence-corrected chi connectivity index (χ0v) is 19.3. The van der Waals surface area contributed by atoms with Crippen LogP contribution in [0.3, 0.4) is 0 Å². The van der Waals surface area contributed by atoms with Crippen molar-refractivity contribution in [2.24, 2.45) is 0 Å². The summed E-state index contributed by atoms with van der Waals surface area (Å²) in [7, 11) is 0. The quantitative estimate of drug-likeness (QED) is 0.508. The number of halogens is 3. The fourth-order valence-electron chi connectivity index (χ4n) is 4.79. The van der Waals surface area contributed by atoms with Gasteiger partial charge in [-0.05, 0) is 62.1 Å². The van der Waals surface area contributed by atoms with E-state index in [-0.39, 0.29) is 28.6 Å². The minimum absolute atomic E-state index is 0.0872. The van der Waals surface area contributed by atoms with Gasteiger partial charge in [0.25, 0.3) is 17.5 Å². The van der Waals surface area contributed by atoms with E-state index in [4.69, 9.17) is 0 Å². The topological polar surface area (TPSA) is 101 Å². The second kappa shape index (κ2) is 8.24. The summed E-state index contributed by atoms with van der Waals surface area (Å²) in [4.78, 5) is 34.1. The summed E-state index contributed by atoms with van der Waals surface area (Å²) in [6.07, 6.45) is 1.55. The Morgan fingerprint density at radius 3 is 2.51 bits per heavy atom. The van der Waals surface area contributed by atoms with Crippen LogP contribution in [0.5, 0.6) is 0 Å². The van der Waals surface area contributed by atoms with Crippen molar-refractivity contribution >= 4 is 34.6 Å². The van der Waals surface area contributed by atoms with Crippen molar-refractivity contribution in [2.75, 3.05) is 10.6 Å². The van der Waals surface area contributed by atoms with Crippen LogP contribution in [-0.4, -0.2) is 38.6 Å². The second-order valence-electron chi connectivity index (χ2n) is 9.22. The highest BCUT2D eigenvalue weighted by Crippen LogP contribution is 2.44. The highest BCUT2D eigenvalue weighted by Gasteiger charge is 2.67. The number of imidazole rings is 1. The normalized spacial score (nSPS) is 20.5. The minimum atomic E-state index is -5.15. The largest absolute Gasteiger partial charge is 0.440 e. The number of aromatic nitrogens is 3. The molecule has 2 aliphatic rings. The maximum Gasteiger partial charge on any atom is 0.440 e. The lowest BCUT2D eigenvalue weighted by molar-refractivity contribution is -0.213. The maximum absolute atomic E-state index is 14.6. The maximum atomic E-state index is 14.6. The molecule has 1 atom stereocenters. The number of anilines is 2. The first-order valence-electron chi connectivity index (χ1n) is 11.5. The van der Waals surface area contributed by atoms with E-state index >= 15 is 0 Å². The second-order valence-corrected chi connectivity index (χ2v) is 9.22. The molecule has 0 spiro atoms. The van der Waals surface area contributed by atoms with Crippen LogP contribution in [0.2, 0.25) is 0 Å². The van der Waals surface area contributed by atoms with Crippen LogP contribution in [0.1, 0.15) is 53.6 Å². The molecule has 35 heavy (non-hydrogen) atoms. The zero-order valence-electron chi connectivity index (χ0n) is 19.3. The number of fused-ring (bicyclic) bond motifs is 3. The number of nitrogens with zero attached hydrogens (tertiary/aromatic N) is 3. The van der Waals surface area contributed by atoms with Gasteiger partial charge in [-0.3, -0.25) is 19.5 Å². The Labute approximate surface area is 199 Å². The average Bonchev–Trinajstić information content (AvgIpc) is 3.28. The molecule has 3 aromatic rings. The fourth-order valence-corrected chi connectivity index (χ4v) is 4.79. The number of carbonyl (C=O) groups excluding carboxylic acids is 2. The molecule has 0 radical (unpaired) electrons. The summed E-state index contributed by atoms with van der Waals surface area (Å²) < 4.78 is 44.5. The highest BCUT2D eigenvalue weighted by atomic mass is 19.4. The van der Waals surface area contributed by atoms with Gasteiger partial charge < -0.3 is 10.6 Å². The summed E-state index contributed by atoms with van der Waals surface area (Å²) in [5.41, 5.74) is -1.51. The third-order valence-electron chi connectivity index (χ3n) is 6.85. The molecule has 2 amide bonds. The zero-order chi connectivity index (χ0) is 25.0. The number of nitrogens with one attached hydrogen (secondary N) is 3. The molecule has 3 N–H and O–H groups in total. The van der Waals surface area contributed by atoms with Crippen molar-refractivity contribution in [3.05, 3.63) is 47.2 Å². The van der Waals surface area contributed by atoms with E-state index in [9.17, 15) is 22.8 Å². The SMILES string of the molecule is Cc1cc2nc3n(c2cc1C)C(NC(=O)c1ccc(NC2CCCCC2)nc1)(C(F)(F)F)C(=O)N3. The molecule has 1 saturated carbocycles. The number of alkyl halides is 3. The van der Waals surface area contributed by atoms with E-state index in [2.05, 4.69) is 20.6 Å². The van der Waals surface area contributed by atoms with Gasteiger partial charge in [-0.15, -0.1) is 0 Å². The molecular formula is C24H25F3N6O2. The monoisotopic (exact) mass is 486 g/mol. The minimum Gasteiger partial charge on any atom is -0.367 e. The number of amides is 2. The molecule has 3 heterocycles. The molecule has 8 nitrogen and oxygen atoms in total. The van der Waals surface area contributed by atoms with E-state index in [0.29, 0.717) is 5.82 Å². The number of hydrogen-bond acceptors (Lipinski definition) is 5. The lowest BCUT2D eigenvalue weighted by atomic mass is 9.95. The Bertz CT molecular complexity index is 1310. The number of rotatable bonds is 4. The smallest absolute Gasteiger partial charge is 0.367 e. The summed E-state index contributed by atoms with van der Waals surface area (Å²) in [6.45, 7) is 3.57. The van der Waals surface area contributed by atoms with Gasteiger partial charge in [0.1, 0.15) is 5.82 Å². The van der Waals surface area contributed by atoms with Gasteiger partial charge in [-0.2, -0.15) is 13.2 Å². The molecule has 2 aromatic heterocycles. The van der Waals surface area contributed by atoms with Gasteiger partial charge in [-0.25, -0.2) is 9.97 Å². The van der Waals surface area contributed by atoms with Crippen molar-refractivity contribution in [3.8, 4) is 0 Å². The molecule has 0 bridgehead atoms. The summed E-state index contributed by atoms with van der Waals surface area (Å²) in [6, 6.07) is 6.41. The van der Waals surface area contributed by atoms with Crippen LogP contribution in [0.4, 0.5) is 24.9 Å². The Balaban J connectivity index is 1.48. The molecule has 11 heteroatoms. The third-order valence-corrected chi connectivity index (χ3v) is 6.85. The Kier molecular flexibility index (Phi) is 5.45. The van der Waals surface area contributed by atoms with E-state index in [1.165, 1.54) is 24.8 Å². The van der Waals surface area contributed by atoms with Crippen LogP contribution >= 0.6 is 0 Å². The number of pyridine rings is 1. The number of benzene rings is 1. The first-order chi connectivity index (χ1) is 16.6. The number of carbonyl (C=O) groups is 2. The van der Waals surface area contributed by atoms with Crippen LogP contribution in [0.15, 0.2) is 30.5 Å². The molecule has 1 fully saturated rings. The highest BCUT2D eigenvalue weighted by molar-refractivity contribution is 6.07. The lowest BCUT2D eigenvalue weighted by Gasteiger charge is -2.32. The summed E-state index contributed by atoms with van der Waals surface area (Å²) in [5.74, 6) is -2.23. The predicted molar refractivity (Wildman–Crippen MR) is 124 cm³/mol. The summed E-state index contributed by atoms with van der Waals surface area (Å²) >= 11 is 0. The van der Waals surface area contributed by atoms with E-state index in [0.717, 1.165) is 41.4 Å². The van der Waals surface area contributed by atoms with Crippen molar-refractivity contribution < 1.29 is 22.8 Å². The molecule has 1 unspecified atom stereocenters. The van der Waals surface area contributed by atoms with E-state index < -0.39 is 23.7 Å². The van der Waals surface area contributed by atoms with E-state index in [1.54, 1.807) is 19.1 Å². The van der Waals surface area contributed by atoms with E-state index in [1.807, 2.05) is 12.2 Å². The van der Waals surface area contributed by atoms with Gasteiger partial charge >= 0.3 is 6.18 Å². The molecule has 0 saturated heterocycles. The molecule has 1 aromatic carbocycles. The fraction of sp³-hybridized carbons (Fsp3) is 0.417. The standard InChI is InChI=1S/C24H25F3N6O2/c1-13-10-17-18(11-14(13)2)33-22(30-17)31-21(35)23(33,24(25,26)27)32-20(34)15-8-9-19(28-12-15)29-16-6-4-3-5-7-16/h8-12,16H,3-7H2,1-2H3,(H,28,29)(H,32,34)(H,30,31,35). The molecule has 1 aliphatic carbocycles. The lowest BCUT2D eigenvalue weighted by Crippen LogP contribution is -2.63. The van der Waals surface area contributed by atoms with Crippen molar-refractivity contribution in [3.63, 3.8) is 0 Å². The number of aryl methyl sites for hydroxylation is 2. The molecule has 1 aliphatic heterocycles. The first-order valence-corrected chi connectivity index (χ1v) is 11.5. The first kappa shape index (κ1) is 23.1. The van der Waals surface area contributed by atoms with Crippen LogP contribution in [0.25, 0.3) is 11.0 Å². The van der Waals surface area contributed by atoms with Crippen molar-refractivity contribution in [1.82, 2.24) is 19.9 Å². The molecule has 184 valence electrons. The molecule has 5 rings (SSSR count).